The third kappa shape index (κ3) is 5.72. The number of nitrogens with one attached hydrogen (secondary N) is 4. The number of hydrogen-bond acceptors (Lipinski definition) is 9. The highest BCUT2D eigenvalue weighted by Gasteiger charge is 2.28. The van der Waals surface area contributed by atoms with Gasteiger partial charge in [0.15, 0.2) is 28.9 Å². The van der Waals surface area contributed by atoms with Gasteiger partial charge in [0.1, 0.15) is 17.6 Å². The molecule has 0 bridgehead atoms. The van der Waals surface area contributed by atoms with Crippen molar-refractivity contribution in [2.75, 3.05) is 25.6 Å². The van der Waals surface area contributed by atoms with Crippen molar-refractivity contribution in [3.8, 4) is 17.3 Å². The summed E-state index contributed by atoms with van der Waals surface area (Å²) in [5.74, 6) is -2.54. The minimum absolute atomic E-state index is 0.0228. The molecule has 14 nitrogen and oxygen atoms in total. The van der Waals surface area contributed by atoms with Gasteiger partial charge in [-0.2, -0.15) is 4.68 Å². The lowest BCUT2D eigenvalue weighted by molar-refractivity contribution is 0.0691. The lowest BCUT2D eigenvalue weighted by atomic mass is 10.0. The van der Waals surface area contributed by atoms with Gasteiger partial charge in [0.25, 0.3) is 0 Å². The van der Waals surface area contributed by atoms with Crippen molar-refractivity contribution >= 4 is 17.5 Å². The van der Waals surface area contributed by atoms with Gasteiger partial charge in [0, 0.05) is 35.9 Å². The average Bonchev–Trinajstić information content (AvgIpc) is 3.55. The molecule has 2 heterocycles. The van der Waals surface area contributed by atoms with Gasteiger partial charge in [-0.1, -0.05) is 0 Å². The van der Waals surface area contributed by atoms with Crippen molar-refractivity contribution in [2.45, 2.75) is 12.5 Å². The molecule has 0 aliphatic rings. The Balaban J connectivity index is 1.84. The number of halogens is 1. The summed E-state index contributed by atoms with van der Waals surface area (Å²) < 4.78 is 27.4. The highest BCUT2D eigenvalue weighted by molar-refractivity contribution is 5.95. The standard InChI is InChI=1S/C24H25FN8O6/c1-38-14-9-15(17(25)16(10-14)39-8-2-7-34)18(30-13-5-3-12(4-6-13)20(26)27)21-31-24(37)33(32-21)22-19(23(35)36)28-11-29-22/h3-6,9-11,18,30,34H,2,7-8H2,1H3,(H3,26,27)(H,28,29)(H,35,36)(H,31,32,37)/t18-/m0/s1. The topological polar surface area (TPSA) is 217 Å². The molecule has 0 fully saturated rings. The molecule has 0 aliphatic carbocycles. The van der Waals surface area contributed by atoms with E-state index in [2.05, 4.69) is 25.4 Å². The van der Waals surface area contributed by atoms with Gasteiger partial charge < -0.3 is 35.7 Å². The number of nitrogens with zero attached hydrogens (tertiary/aromatic N) is 3. The number of rotatable bonds is 12. The Morgan fingerprint density at radius 3 is 2.69 bits per heavy atom. The zero-order chi connectivity index (χ0) is 28.1. The summed E-state index contributed by atoms with van der Waals surface area (Å²) in [6.45, 7) is -0.115. The van der Waals surface area contributed by atoms with E-state index in [1.807, 2.05) is 0 Å². The zero-order valence-electron chi connectivity index (χ0n) is 20.6. The van der Waals surface area contributed by atoms with Crippen LogP contribution in [0.4, 0.5) is 10.1 Å². The first kappa shape index (κ1) is 26.9. The van der Waals surface area contributed by atoms with Crippen molar-refractivity contribution < 1.29 is 28.9 Å². The van der Waals surface area contributed by atoms with Gasteiger partial charge in [0.05, 0.1) is 20.0 Å². The first-order valence-electron chi connectivity index (χ1n) is 11.5. The Labute approximate surface area is 219 Å². The molecule has 2 aromatic heterocycles. The molecule has 39 heavy (non-hydrogen) atoms. The molecule has 15 heteroatoms. The van der Waals surface area contributed by atoms with Crippen molar-refractivity contribution in [2.24, 2.45) is 5.73 Å². The van der Waals surface area contributed by atoms with Crippen molar-refractivity contribution in [3.63, 3.8) is 0 Å². The van der Waals surface area contributed by atoms with Gasteiger partial charge in [0.2, 0.25) is 0 Å². The maximum absolute atomic E-state index is 15.8. The number of imidazole rings is 1. The lowest BCUT2D eigenvalue weighted by Crippen LogP contribution is -2.19. The van der Waals surface area contributed by atoms with E-state index < -0.39 is 23.5 Å². The Bertz CT molecular complexity index is 1540. The Hall–Kier alpha value is -5.18. The fourth-order valence-corrected chi connectivity index (χ4v) is 3.70. The number of carboxylic acid groups (broad SMARTS) is 1. The molecule has 204 valence electrons. The van der Waals surface area contributed by atoms with Crippen molar-refractivity contribution in [1.82, 2.24) is 24.7 Å². The van der Waals surface area contributed by atoms with E-state index in [0.717, 1.165) is 11.0 Å². The lowest BCUT2D eigenvalue weighted by Gasteiger charge is -2.21. The molecule has 0 amide bonds. The maximum Gasteiger partial charge on any atom is 0.356 e. The van der Waals surface area contributed by atoms with Crippen molar-refractivity contribution in [1.29, 1.82) is 5.41 Å². The summed E-state index contributed by atoms with van der Waals surface area (Å²) in [5.41, 5.74) is 5.24. The van der Waals surface area contributed by atoms with E-state index in [1.54, 1.807) is 24.3 Å². The van der Waals surface area contributed by atoms with Crippen LogP contribution in [0, 0.1) is 11.2 Å². The molecule has 0 radical (unpaired) electrons. The molecule has 0 spiro atoms. The van der Waals surface area contributed by atoms with Gasteiger partial charge in [-0.15, -0.1) is 5.10 Å². The molecule has 8 N–H and O–H groups in total. The molecule has 0 aliphatic heterocycles. The van der Waals surface area contributed by atoms with Crippen LogP contribution in [-0.2, 0) is 0 Å². The number of aliphatic hydroxyl groups excluding tert-OH is 1. The first-order chi connectivity index (χ1) is 18.7. The average molecular weight is 541 g/mol. The number of H-pyrrole nitrogens is 2. The second-order valence-corrected chi connectivity index (χ2v) is 8.16. The number of methoxy groups -OCH3 is 1. The van der Waals surface area contributed by atoms with Crippen LogP contribution in [0.2, 0.25) is 0 Å². The van der Waals surface area contributed by atoms with Crippen LogP contribution in [0.25, 0.3) is 5.82 Å². The van der Waals surface area contributed by atoms with E-state index in [0.29, 0.717) is 11.3 Å². The van der Waals surface area contributed by atoms with Gasteiger partial charge >= 0.3 is 11.7 Å². The number of aromatic carboxylic acids is 1. The molecule has 0 saturated carbocycles. The third-order valence-corrected chi connectivity index (χ3v) is 5.60. The number of benzene rings is 2. The number of carbonyl (C=O) groups is 1. The highest BCUT2D eigenvalue weighted by atomic mass is 19.1. The predicted octanol–water partition coefficient (Wildman–Crippen LogP) is 1.38. The number of amidine groups is 1. The molecule has 0 unspecified atom stereocenters. The summed E-state index contributed by atoms with van der Waals surface area (Å²) >= 11 is 0. The first-order valence-corrected chi connectivity index (χ1v) is 11.5. The fraction of sp³-hybridized carbons (Fsp3) is 0.208. The van der Waals surface area contributed by atoms with Crippen LogP contribution < -0.4 is 26.2 Å². The number of ether oxygens (including phenoxy) is 2. The number of aliphatic hydroxyl groups is 1. The number of carboxylic acids is 1. The molecule has 0 saturated heterocycles. The second-order valence-electron chi connectivity index (χ2n) is 8.16. The number of nitrogen functional groups attached to an aromatic ring is 1. The number of nitrogens with two attached hydrogens (primary N) is 1. The maximum atomic E-state index is 15.8. The molecular weight excluding hydrogens is 515 g/mol. The predicted molar refractivity (Wildman–Crippen MR) is 136 cm³/mol. The van der Waals surface area contributed by atoms with Crippen molar-refractivity contribution in [3.05, 3.63) is 81.7 Å². The summed E-state index contributed by atoms with van der Waals surface area (Å²) in [5, 5.41) is 33.4. The number of aromatic nitrogens is 5. The Morgan fingerprint density at radius 2 is 2.05 bits per heavy atom. The summed E-state index contributed by atoms with van der Waals surface area (Å²) in [4.78, 5) is 33.2. The largest absolute Gasteiger partial charge is 0.497 e. The van der Waals surface area contributed by atoms with E-state index in [-0.39, 0.29) is 59.9 Å². The summed E-state index contributed by atoms with van der Waals surface area (Å²) in [6, 6.07) is 7.96. The fourth-order valence-electron chi connectivity index (χ4n) is 3.70. The van der Waals surface area contributed by atoms with Crippen LogP contribution in [0.3, 0.4) is 0 Å². The normalized spacial score (nSPS) is 11.7. The summed E-state index contributed by atoms with van der Waals surface area (Å²) in [7, 11) is 1.39. The number of hydrogen-bond donors (Lipinski definition) is 7. The van der Waals surface area contributed by atoms with E-state index in [4.69, 9.17) is 25.7 Å². The molecular formula is C24H25FN8O6. The van der Waals surface area contributed by atoms with Crippen LogP contribution in [-0.4, -0.2) is 67.1 Å². The van der Waals surface area contributed by atoms with E-state index >= 15 is 4.39 Å². The monoisotopic (exact) mass is 540 g/mol. The molecule has 2 aromatic carbocycles. The molecule has 1 atom stereocenters. The number of aromatic amines is 2. The van der Waals surface area contributed by atoms with Crippen LogP contribution in [0.1, 0.15) is 39.9 Å². The van der Waals surface area contributed by atoms with Crippen LogP contribution in [0.5, 0.6) is 11.5 Å². The van der Waals surface area contributed by atoms with Crippen LogP contribution in [0.15, 0.2) is 47.5 Å². The van der Waals surface area contributed by atoms with Gasteiger partial charge in [-0.3, -0.25) is 10.4 Å². The Kier molecular flexibility index (Phi) is 7.90. The zero-order valence-corrected chi connectivity index (χ0v) is 20.6. The van der Waals surface area contributed by atoms with E-state index in [1.165, 1.54) is 19.2 Å². The Morgan fingerprint density at radius 1 is 1.31 bits per heavy atom. The molecule has 4 aromatic rings. The highest BCUT2D eigenvalue weighted by Crippen LogP contribution is 2.35. The summed E-state index contributed by atoms with van der Waals surface area (Å²) in [6.07, 6.45) is 1.37. The minimum Gasteiger partial charge on any atom is -0.497 e. The smallest absolute Gasteiger partial charge is 0.356 e. The number of anilines is 1. The SMILES string of the molecule is COc1cc(OCCCO)c(F)c([C@H](Nc2ccc(C(=N)N)cc2)c2nn(-c3nc[nH]c3C(=O)O)c(=O)[nH]2)c1. The second kappa shape index (κ2) is 11.5. The van der Waals surface area contributed by atoms with Crippen LogP contribution >= 0.6 is 0 Å². The minimum atomic E-state index is -1.36. The van der Waals surface area contributed by atoms with Gasteiger partial charge in [-0.05, 0) is 30.3 Å². The van der Waals surface area contributed by atoms with E-state index in [9.17, 15) is 14.7 Å². The third-order valence-electron chi connectivity index (χ3n) is 5.60. The molecule has 4 rings (SSSR count). The quantitative estimate of drug-likeness (QED) is 0.0777. The van der Waals surface area contributed by atoms with Gasteiger partial charge in [-0.25, -0.2) is 19.0 Å².